The summed E-state index contributed by atoms with van der Waals surface area (Å²) in [5.74, 6) is -0.0616. The summed E-state index contributed by atoms with van der Waals surface area (Å²) in [6, 6.07) is 11.8. The van der Waals surface area contributed by atoms with E-state index in [9.17, 15) is 4.79 Å². The second-order valence-electron chi connectivity index (χ2n) is 7.08. The topological polar surface area (TPSA) is 59.2 Å². The number of rotatable bonds is 4. The maximum atomic E-state index is 12.9. The molecule has 0 saturated carbocycles. The van der Waals surface area contributed by atoms with Gasteiger partial charge in [0.25, 0.3) is 5.91 Å². The molecule has 1 aliphatic rings. The van der Waals surface area contributed by atoms with Gasteiger partial charge in [0.05, 0.1) is 11.4 Å². The van der Waals surface area contributed by atoms with Crippen LogP contribution in [0.15, 0.2) is 48.8 Å². The average molecular weight is 364 g/mol. The lowest BCUT2D eigenvalue weighted by molar-refractivity contribution is 0.0778. The Kier molecular flexibility index (Phi) is 4.77. The standard InChI is InChI=1S/C20H24N6O/c1-23-10-6-12-25-17(15-23)13-18(22-25)20(27)24(2)14-16-7-3-4-8-19(16)26-11-5-9-21-26/h3-5,7-9,11,13H,6,10,12,14-15H2,1-2H3. The van der Waals surface area contributed by atoms with Crippen molar-refractivity contribution in [3.05, 3.63) is 65.7 Å². The van der Waals surface area contributed by atoms with E-state index >= 15 is 0 Å². The second-order valence-corrected chi connectivity index (χ2v) is 7.08. The van der Waals surface area contributed by atoms with Crippen molar-refractivity contribution < 1.29 is 4.79 Å². The van der Waals surface area contributed by atoms with Crippen molar-refractivity contribution in [1.29, 1.82) is 0 Å². The maximum absolute atomic E-state index is 12.9. The van der Waals surface area contributed by atoms with E-state index < -0.39 is 0 Å². The van der Waals surface area contributed by atoms with Gasteiger partial charge in [-0.05, 0) is 37.2 Å². The Labute approximate surface area is 158 Å². The minimum atomic E-state index is -0.0616. The van der Waals surface area contributed by atoms with Crippen molar-refractivity contribution in [2.45, 2.75) is 26.1 Å². The molecule has 4 rings (SSSR count). The summed E-state index contributed by atoms with van der Waals surface area (Å²) in [6.07, 6.45) is 4.70. The fourth-order valence-electron chi connectivity index (χ4n) is 3.53. The third-order valence-corrected chi connectivity index (χ3v) is 4.92. The molecule has 7 heteroatoms. The van der Waals surface area contributed by atoms with Crippen molar-refractivity contribution in [2.75, 3.05) is 20.6 Å². The quantitative estimate of drug-likeness (QED) is 0.712. The number of carbonyl (C=O) groups is 1. The molecule has 0 fully saturated rings. The molecule has 3 heterocycles. The van der Waals surface area contributed by atoms with Crippen LogP contribution in [0.4, 0.5) is 0 Å². The van der Waals surface area contributed by atoms with Gasteiger partial charge in [0, 0.05) is 45.6 Å². The van der Waals surface area contributed by atoms with Crippen LogP contribution in [-0.4, -0.2) is 55.9 Å². The number of aromatic nitrogens is 4. The normalized spacial score (nSPS) is 14.6. The highest BCUT2D eigenvalue weighted by atomic mass is 16.2. The van der Waals surface area contributed by atoms with Crippen molar-refractivity contribution in [2.24, 2.45) is 0 Å². The molecule has 0 saturated heterocycles. The molecule has 0 aliphatic carbocycles. The summed E-state index contributed by atoms with van der Waals surface area (Å²) in [4.78, 5) is 16.9. The molecule has 7 nitrogen and oxygen atoms in total. The number of fused-ring (bicyclic) bond motifs is 1. The number of hydrogen-bond donors (Lipinski definition) is 0. The highest BCUT2D eigenvalue weighted by Gasteiger charge is 2.21. The van der Waals surface area contributed by atoms with Crippen LogP contribution in [0.25, 0.3) is 5.69 Å². The first-order valence-electron chi connectivity index (χ1n) is 9.20. The molecule has 0 spiro atoms. The summed E-state index contributed by atoms with van der Waals surface area (Å²) < 4.78 is 3.80. The lowest BCUT2D eigenvalue weighted by Gasteiger charge is -2.18. The number of hydrogen-bond acceptors (Lipinski definition) is 4. The minimum Gasteiger partial charge on any atom is -0.336 e. The van der Waals surface area contributed by atoms with Crippen molar-refractivity contribution in [3.63, 3.8) is 0 Å². The van der Waals surface area contributed by atoms with Gasteiger partial charge < -0.3 is 9.80 Å². The van der Waals surface area contributed by atoms with Gasteiger partial charge in [-0.1, -0.05) is 18.2 Å². The maximum Gasteiger partial charge on any atom is 0.274 e. The summed E-state index contributed by atoms with van der Waals surface area (Å²) >= 11 is 0. The first-order chi connectivity index (χ1) is 13.1. The Morgan fingerprint density at radius 2 is 2.07 bits per heavy atom. The van der Waals surface area contributed by atoms with E-state index in [2.05, 4.69) is 22.1 Å². The zero-order valence-corrected chi connectivity index (χ0v) is 15.7. The molecule has 0 radical (unpaired) electrons. The van der Waals surface area contributed by atoms with Gasteiger partial charge in [-0.15, -0.1) is 0 Å². The predicted molar refractivity (Wildman–Crippen MR) is 103 cm³/mol. The molecular weight excluding hydrogens is 340 g/mol. The van der Waals surface area contributed by atoms with Crippen LogP contribution in [0.1, 0.15) is 28.2 Å². The number of amides is 1. The zero-order chi connectivity index (χ0) is 18.8. The SMILES string of the molecule is CN1CCCn2nc(C(=O)N(C)Cc3ccccc3-n3cccn3)cc2C1. The lowest BCUT2D eigenvalue weighted by Crippen LogP contribution is -2.27. The molecule has 1 amide bonds. The number of para-hydroxylation sites is 1. The third kappa shape index (κ3) is 3.64. The molecular formula is C20H24N6O. The predicted octanol–water partition coefficient (Wildman–Crippen LogP) is 2.18. The molecule has 140 valence electrons. The number of aryl methyl sites for hydroxylation is 1. The van der Waals surface area contributed by atoms with E-state index in [0.29, 0.717) is 12.2 Å². The second kappa shape index (κ2) is 7.36. The molecule has 0 atom stereocenters. The first kappa shape index (κ1) is 17.5. The molecule has 2 aromatic heterocycles. The van der Waals surface area contributed by atoms with E-state index in [-0.39, 0.29) is 5.91 Å². The highest BCUT2D eigenvalue weighted by Crippen LogP contribution is 2.18. The molecule has 27 heavy (non-hydrogen) atoms. The molecule has 0 N–H and O–H groups in total. The van der Waals surface area contributed by atoms with Gasteiger partial charge in [0.2, 0.25) is 0 Å². The summed E-state index contributed by atoms with van der Waals surface area (Å²) in [5.41, 5.74) is 3.63. The lowest BCUT2D eigenvalue weighted by atomic mass is 10.1. The Morgan fingerprint density at radius 3 is 2.89 bits per heavy atom. The molecule has 3 aromatic rings. The number of benzene rings is 1. The van der Waals surface area contributed by atoms with Crippen molar-refractivity contribution in [1.82, 2.24) is 29.4 Å². The monoisotopic (exact) mass is 364 g/mol. The fraction of sp³-hybridized carbons (Fsp3) is 0.350. The Hall–Kier alpha value is -2.93. The Morgan fingerprint density at radius 1 is 1.22 bits per heavy atom. The van der Waals surface area contributed by atoms with E-state index in [1.165, 1.54) is 0 Å². The molecule has 0 unspecified atom stereocenters. The van der Waals surface area contributed by atoms with E-state index in [1.54, 1.807) is 11.1 Å². The van der Waals surface area contributed by atoms with Gasteiger partial charge in [-0.3, -0.25) is 9.48 Å². The molecule has 1 aliphatic heterocycles. The van der Waals surface area contributed by atoms with Crippen LogP contribution in [0.5, 0.6) is 0 Å². The van der Waals surface area contributed by atoms with Crippen molar-refractivity contribution in [3.8, 4) is 5.69 Å². The first-order valence-corrected chi connectivity index (χ1v) is 9.20. The third-order valence-electron chi connectivity index (χ3n) is 4.92. The minimum absolute atomic E-state index is 0.0616. The molecule has 1 aromatic carbocycles. The largest absolute Gasteiger partial charge is 0.336 e. The summed E-state index contributed by atoms with van der Waals surface area (Å²) in [6.45, 7) is 3.23. The Balaban J connectivity index is 1.54. The average Bonchev–Trinajstić information content (AvgIpc) is 3.29. The van der Waals surface area contributed by atoms with Crippen molar-refractivity contribution >= 4 is 5.91 Å². The molecule has 0 bridgehead atoms. The van der Waals surface area contributed by atoms with Crippen LogP contribution < -0.4 is 0 Å². The van der Waals surface area contributed by atoms with Gasteiger partial charge in [0.15, 0.2) is 5.69 Å². The van der Waals surface area contributed by atoms with Gasteiger partial charge in [0.1, 0.15) is 0 Å². The van der Waals surface area contributed by atoms with Gasteiger partial charge in [-0.2, -0.15) is 10.2 Å². The van der Waals surface area contributed by atoms with Crippen LogP contribution in [0.2, 0.25) is 0 Å². The van der Waals surface area contributed by atoms with E-state index in [1.807, 2.05) is 59.0 Å². The summed E-state index contributed by atoms with van der Waals surface area (Å²) in [7, 11) is 3.92. The van der Waals surface area contributed by atoms with E-state index in [4.69, 9.17) is 0 Å². The highest BCUT2D eigenvalue weighted by molar-refractivity contribution is 5.92. The van der Waals surface area contributed by atoms with Crippen LogP contribution in [0.3, 0.4) is 0 Å². The zero-order valence-electron chi connectivity index (χ0n) is 15.7. The van der Waals surface area contributed by atoms with Crippen LogP contribution >= 0.6 is 0 Å². The van der Waals surface area contributed by atoms with Gasteiger partial charge >= 0.3 is 0 Å². The Bertz CT molecular complexity index is 930. The fourth-order valence-corrected chi connectivity index (χ4v) is 3.53. The smallest absolute Gasteiger partial charge is 0.274 e. The van der Waals surface area contributed by atoms with Crippen LogP contribution in [0, 0.1) is 0 Å². The van der Waals surface area contributed by atoms with E-state index in [0.717, 1.165) is 43.0 Å². The van der Waals surface area contributed by atoms with Gasteiger partial charge in [-0.25, -0.2) is 4.68 Å². The number of nitrogens with zero attached hydrogens (tertiary/aromatic N) is 6. The number of carbonyl (C=O) groups excluding carboxylic acids is 1. The summed E-state index contributed by atoms with van der Waals surface area (Å²) in [5, 5.41) is 8.87. The van der Waals surface area contributed by atoms with Crippen LogP contribution in [-0.2, 0) is 19.6 Å².